The van der Waals surface area contributed by atoms with Gasteiger partial charge in [-0.1, -0.05) is 42.1 Å². The molecule has 1 aromatic heterocycles. The lowest BCUT2D eigenvalue weighted by Gasteiger charge is -2.04. The molecule has 0 aliphatic rings. The summed E-state index contributed by atoms with van der Waals surface area (Å²) in [7, 11) is 1.97. The highest BCUT2D eigenvalue weighted by molar-refractivity contribution is 7.99. The maximum absolute atomic E-state index is 8.53. The fraction of sp³-hybridized carbons (Fsp3) is 0.167. The summed E-state index contributed by atoms with van der Waals surface area (Å²) < 4.78 is 2.01. The van der Waals surface area contributed by atoms with E-state index in [1.165, 1.54) is 11.8 Å². The molecule has 1 heterocycles. The topological polar surface area (TPSA) is 41.6 Å². The number of imidazole rings is 1. The Balaban J connectivity index is 2.31. The fourth-order valence-electron chi connectivity index (χ4n) is 1.50. The van der Waals surface area contributed by atoms with E-state index in [4.69, 9.17) is 5.26 Å². The maximum Gasteiger partial charge on any atom is 0.169 e. The molecule has 4 heteroatoms. The van der Waals surface area contributed by atoms with Crippen LogP contribution in [-0.2, 0) is 7.05 Å². The van der Waals surface area contributed by atoms with Gasteiger partial charge in [-0.2, -0.15) is 5.26 Å². The zero-order chi connectivity index (χ0) is 11.4. The number of benzene rings is 1. The molecule has 0 fully saturated rings. The Labute approximate surface area is 98.7 Å². The first-order valence-electron chi connectivity index (χ1n) is 4.90. The number of rotatable bonds is 3. The Morgan fingerprint density at radius 3 is 2.81 bits per heavy atom. The minimum absolute atomic E-state index is 0.430. The zero-order valence-electron chi connectivity index (χ0n) is 8.92. The molecule has 0 saturated heterocycles. The van der Waals surface area contributed by atoms with E-state index in [1.807, 2.05) is 36.0 Å². The van der Waals surface area contributed by atoms with Crippen LogP contribution in [0.1, 0.15) is 0 Å². The summed E-state index contributed by atoms with van der Waals surface area (Å²) in [4.78, 5) is 4.30. The van der Waals surface area contributed by atoms with Crippen LogP contribution in [0.5, 0.6) is 0 Å². The summed E-state index contributed by atoms with van der Waals surface area (Å²) in [5.74, 6) is 0.430. The highest BCUT2D eigenvalue weighted by atomic mass is 32.2. The van der Waals surface area contributed by atoms with Crippen LogP contribution in [0.25, 0.3) is 11.3 Å². The van der Waals surface area contributed by atoms with Crippen molar-refractivity contribution in [3.63, 3.8) is 0 Å². The van der Waals surface area contributed by atoms with Gasteiger partial charge in [0.05, 0.1) is 23.7 Å². The number of nitrogens with zero attached hydrogens (tertiary/aromatic N) is 3. The van der Waals surface area contributed by atoms with Crippen LogP contribution in [0, 0.1) is 11.3 Å². The Morgan fingerprint density at radius 1 is 1.38 bits per heavy atom. The SMILES string of the molecule is Cn1c(-c2ccccc2)cnc1SCC#N. The van der Waals surface area contributed by atoms with E-state index in [9.17, 15) is 0 Å². The average molecular weight is 229 g/mol. The van der Waals surface area contributed by atoms with E-state index in [2.05, 4.69) is 23.2 Å². The molecule has 3 nitrogen and oxygen atoms in total. The van der Waals surface area contributed by atoms with Gasteiger partial charge in [0, 0.05) is 7.05 Å². The van der Waals surface area contributed by atoms with E-state index >= 15 is 0 Å². The number of nitriles is 1. The van der Waals surface area contributed by atoms with Gasteiger partial charge in [-0.25, -0.2) is 4.98 Å². The third-order valence-electron chi connectivity index (χ3n) is 2.28. The van der Waals surface area contributed by atoms with Crippen molar-refractivity contribution in [2.24, 2.45) is 7.05 Å². The second-order valence-corrected chi connectivity index (χ2v) is 4.24. The molecule has 0 spiro atoms. The van der Waals surface area contributed by atoms with Crippen molar-refractivity contribution in [2.75, 3.05) is 5.75 Å². The van der Waals surface area contributed by atoms with Crippen molar-refractivity contribution >= 4 is 11.8 Å². The second kappa shape index (κ2) is 4.86. The highest BCUT2D eigenvalue weighted by Crippen LogP contribution is 2.24. The van der Waals surface area contributed by atoms with Crippen molar-refractivity contribution in [1.29, 1.82) is 5.26 Å². The Bertz CT molecular complexity index is 511. The van der Waals surface area contributed by atoms with Crippen molar-refractivity contribution in [2.45, 2.75) is 5.16 Å². The molecule has 2 aromatic rings. The first-order valence-corrected chi connectivity index (χ1v) is 5.88. The van der Waals surface area contributed by atoms with Crippen molar-refractivity contribution in [3.05, 3.63) is 36.5 Å². The molecular weight excluding hydrogens is 218 g/mol. The monoisotopic (exact) mass is 229 g/mol. The molecule has 0 N–H and O–H groups in total. The molecular formula is C12H11N3S. The van der Waals surface area contributed by atoms with Gasteiger partial charge in [0.15, 0.2) is 5.16 Å². The van der Waals surface area contributed by atoms with Gasteiger partial charge in [0.25, 0.3) is 0 Å². The smallest absolute Gasteiger partial charge is 0.169 e. The van der Waals surface area contributed by atoms with Gasteiger partial charge in [-0.05, 0) is 5.56 Å². The molecule has 0 unspecified atom stereocenters. The van der Waals surface area contributed by atoms with Crippen molar-refractivity contribution in [1.82, 2.24) is 9.55 Å². The van der Waals surface area contributed by atoms with Crippen LogP contribution in [0.2, 0.25) is 0 Å². The standard InChI is InChI=1S/C12H11N3S/c1-15-11(10-5-3-2-4-6-10)9-14-12(15)16-8-7-13/h2-6,9H,8H2,1H3. The summed E-state index contributed by atoms with van der Waals surface area (Å²) in [5, 5.41) is 9.41. The lowest BCUT2D eigenvalue weighted by Crippen LogP contribution is -1.94. The number of hydrogen-bond acceptors (Lipinski definition) is 3. The third-order valence-corrected chi connectivity index (χ3v) is 3.19. The largest absolute Gasteiger partial charge is 0.322 e. The summed E-state index contributed by atoms with van der Waals surface area (Å²) in [6.45, 7) is 0. The average Bonchev–Trinajstić information content (AvgIpc) is 2.69. The van der Waals surface area contributed by atoms with Crippen LogP contribution in [0.3, 0.4) is 0 Å². The van der Waals surface area contributed by atoms with Gasteiger partial charge in [0.2, 0.25) is 0 Å². The quantitative estimate of drug-likeness (QED) is 0.760. The lowest BCUT2D eigenvalue weighted by molar-refractivity contribution is 0.797. The van der Waals surface area contributed by atoms with Gasteiger partial charge >= 0.3 is 0 Å². The van der Waals surface area contributed by atoms with Gasteiger partial charge in [0.1, 0.15) is 0 Å². The Kier molecular flexibility index (Phi) is 3.28. The van der Waals surface area contributed by atoms with Crippen LogP contribution in [0.4, 0.5) is 0 Å². The van der Waals surface area contributed by atoms with E-state index in [-0.39, 0.29) is 0 Å². The highest BCUT2D eigenvalue weighted by Gasteiger charge is 2.07. The van der Waals surface area contributed by atoms with E-state index < -0.39 is 0 Å². The van der Waals surface area contributed by atoms with E-state index in [0.717, 1.165) is 16.4 Å². The first-order chi connectivity index (χ1) is 7.83. The lowest BCUT2D eigenvalue weighted by atomic mass is 10.2. The predicted molar refractivity (Wildman–Crippen MR) is 65.0 cm³/mol. The Hall–Kier alpha value is -1.73. The van der Waals surface area contributed by atoms with Crippen LogP contribution < -0.4 is 0 Å². The number of hydrogen-bond donors (Lipinski definition) is 0. The maximum atomic E-state index is 8.53. The number of aromatic nitrogens is 2. The minimum atomic E-state index is 0.430. The molecule has 0 amide bonds. The van der Waals surface area contributed by atoms with E-state index in [0.29, 0.717) is 5.75 Å². The van der Waals surface area contributed by atoms with Crippen molar-refractivity contribution < 1.29 is 0 Å². The van der Waals surface area contributed by atoms with Crippen LogP contribution in [0.15, 0.2) is 41.7 Å². The molecule has 0 bridgehead atoms. The Morgan fingerprint density at radius 2 is 2.12 bits per heavy atom. The van der Waals surface area contributed by atoms with Crippen LogP contribution in [-0.4, -0.2) is 15.3 Å². The van der Waals surface area contributed by atoms with Crippen LogP contribution >= 0.6 is 11.8 Å². The summed E-state index contributed by atoms with van der Waals surface area (Å²) >= 11 is 1.45. The zero-order valence-corrected chi connectivity index (χ0v) is 9.74. The molecule has 0 radical (unpaired) electrons. The molecule has 0 saturated carbocycles. The third kappa shape index (κ3) is 2.10. The molecule has 0 aliphatic heterocycles. The molecule has 2 rings (SSSR count). The summed E-state index contributed by atoms with van der Waals surface area (Å²) in [6.07, 6.45) is 1.84. The molecule has 0 aliphatic carbocycles. The molecule has 80 valence electrons. The predicted octanol–water partition coefficient (Wildman–Crippen LogP) is 2.70. The second-order valence-electron chi connectivity index (χ2n) is 3.30. The van der Waals surface area contributed by atoms with Gasteiger partial charge in [-0.3, -0.25) is 0 Å². The normalized spacial score (nSPS) is 10.0. The minimum Gasteiger partial charge on any atom is -0.322 e. The van der Waals surface area contributed by atoms with E-state index in [1.54, 1.807) is 0 Å². The van der Waals surface area contributed by atoms with Gasteiger partial charge < -0.3 is 4.57 Å². The van der Waals surface area contributed by atoms with Crippen molar-refractivity contribution in [3.8, 4) is 17.3 Å². The molecule has 16 heavy (non-hydrogen) atoms. The summed E-state index contributed by atoms with van der Waals surface area (Å²) in [5.41, 5.74) is 2.21. The molecule has 0 atom stereocenters. The summed E-state index contributed by atoms with van der Waals surface area (Å²) in [6, 6.07) is 12.2. The van der Waals surface area contributed by atoms with Gasteiger partial charge in [-0.15, -0.1) is 0 Å². The fourth-order valence-corrected chi connectivity index (χ4v) is 2.11. The number of thioether (sulfide) groups is 1. The first kappa shape index (κ1) is 10.8. The molecule has 1 aromatic carbocycles.